The van der Waals surface area contributed by atoms with Gasteiger partial charge in [0.15, 0.2) is 5.82 Å². The maximum Gasteiger partial charge on any atom is 0.151 e. The van der Waals surface area contributed by atoms with Gasteiger partial charge in [-0.2, -0.15) is 0 Å². The number of hydrogen-bond donors (Lipinski definition) is 1. The van der Waals surface area contributed by atoms with Crippen LogP contribution in [0.2, 0.25) is 0 Å². The molecule has 0 unspecified atom stereocenters. The van der Waals surface area contributed by atoms with Gasteiger partial charge in [0.05, 0.1) is 17.9 Å². The van der Waals surface area contributed by atoms with Crippen LogP contribution in [0.15, 0.2) is 18.3 Å². The van der Waals surface area contributed by atoms with Crippen LogP contribution in [0.3, 0.4) is 0 Å². The highest BCUT2D eigenvalue weighted by Gasteiger charge is 2.23. The van der Waals surface area contributed by atoms with Gasteiger partial charge in [-0.1, -0.05) is 0 Å². The fourth-order valence-electron chi connectivity index (χ4n) is 2.02. The predicted octanol–water partition coefficient (Wildman–Crippen LogP) is 1.28. The topological polar surface area (TPSA) is 51.4 Å². The van der Waals surface area contributed by atoms with Gasteiger partial charge in [-0.3, -0.25) is 0 Å². The number of hydrogen-bond acceptors (Lipinski definition) is 4. The van der Waals surface area contributed by atoms with Crippen molar-refractivity contribution in [1.29, 1.82) is 0 Å². The van der Waals surface area contributed by atoms with Crippen molar-refractivity contribution in [2.75, 3.05) is 23.7 Å². The van der Waals surface area contributed by atoms with Crippen LogP contribution in [0, 0.1) is 0 Å². The molecule has 0 radical (unpaired) electrons. The first kappa shape index (κ1) is 10.2. The molecule has 0 aromatic carbocycles. The Morgan fingerprint density at radius 3 is 2.67 bits per heavy atom. The third kappa shape index (κ3) is 2.21. The molecule has 82 valence electrons. The van der Waals surface area contributed by atoms with Crippen LogP contribution in [-0.2, 0) is 4.74 Å². The van der Waals surface area contributed by atoms with E-state index >= 15 is 0 Å². The average Bonchev–Trinajstić information content (AvgIpc) is 2.16. The third-order valence-electron chi connectivity index (χ3n) is 2.54. The SMILES string of the molecule is C[C@@H]1CN(c2ncccc2N)C[C@@H](C)O1. The molecule has 4 nitrogen and oxygen atoms in total. The van der Waals surface area contributed by atoms with Crippen LogP contribution in [-0.4, -0.2) is 30.3 Å². The molecule has 2 rings (SSSR count). The summed E-state index contributed by atoms with van der Waals surface area (Å²) in [5.74, 6) is 0.875. The molecule has 15 heavy (non-hydrogen) atoms. The lowest BCUT2D eigenvalue weighted by Crippen LogP contribution is -2.46. The van der Waals surface area contributed by atoms with E-state index in [2.05, 4.69) is 23.7 Å². The minimum Gasteiger partial charge on any atom is -0.396 e. The Morgan fingerprint density at radius 2 is 2.07 bits per heavy atom. The molecule has 0 spiro atoms. The smallest absolute Gasteiger partial charge is 0.151 e. The largest absolute Gasteiger partial charge is 0.396 e. The van der Waals surface area contributed by atoms with Crippen molar-refractivity contribution in [1.82, 2.24) is 4.98 Å². The number of aromatic nitrogens is 1. The molecule has 1 aromatic rings. The molecular formula is C11H17N3O. The van der Waals surface area contributed by atoms with E-state index in [-0.39, 0.29) is 12.2 Å². The molecule has 2 N–H and O–H groups in total. The van der Waals surface area contributed by atoms with Crippen LogP contribution in [0.5, 0.6) is 0 Å². The van der Waals surface area contributed by atoms with Gasteiger partial charge in [0.2, 0.25) is 0 Å². The van der Waals surface area contributed by atoms with Crippen LogP contribution >= 0.6 is 0 Å². The minimum absolute atomic E-state index is 0.232. The molecule has 0 aliphatic carbocycles. The van der Waals surface area contributed by atoms with Gasteiger partial charge in [-0.15, -0.1) is 0 Å². The van der Waals surface area contributed by atoms with Gasteiger partial charge in [0, 0.05) is 19.3 Å². The Hall–Kier alpha value is -1.29. The van der Waals surface area contributed by atoms with Gasteiger partial charge in [0.1, 0.15) is 0 Å². The summed E-state index contributed by atoms with van der Waals surface area (Å²) in [4.78, 5) is 6.50. The summed E-state index contributed by atoms with van der Waals surface area (Å²) in [6.07, 6.45) is 2.24. The third-order valence-corrected chi connectivity index (χ3v) is 2.54. The zero-order valence-electron chi connectivity index (χ0n) is 9.18. The van der Waals surface area contributed by atoms with E-state index in [1.165, 1.54) is 0 Å². The fraction of sp³-hybridized carbons (Fsp3) is 0.545. The van der Waals surface area contributed by atoms with Crippen molar-refractivity contribution < 1.29 is 4.74 Å². The number of pyridine rings is 1. The van der Waals surface area contributed by atoms with E-state index in [4.69, 9.17) is 10.5 Å². The van der Waals surface area contributed by atoms with E-state index in [9.17, 15) is 0 Å². The summed E-state index contributed by atoms with van der Waals surface area (Å²) in [6, 6.07) is 3.74. The van der Waals surface area contributed by atoms with Crippen molar-refractivity contribution >= 4 is 11.5 Å². The van der Waals surface area contributed by atoms with Crippen LogP contribution in [0.25, 0.3) is 0 Å². The van der Waals surface area contributed by atoms with Crippen LogP contribution < -0.4 is 10.6 Å². The summed E-state index contributed by atoms with van der Waals surface area (Å²) in [5, 5.41) is 0. The average molecular weight is 207 g/mol. The summed E-state index contributed by atoms with van der Waals surface area (Å²) in [5.41, 5.74) is 6.63. The Kier molecular flexibility index (Phi) is 2.77. The van der Waals surface area contributed by atoms with Crippen LogP contribution in [0.1, 0.15) is 13.8 Å². The van der Waals surface area contributed by atoms with Gasteiger partial charge in [-0.05, 0) is 26.0 Å². The Balaban J connectivity index is 2.20. The lowest BCUT2D eigenvalue weighted by atomic mass is 10.2. The monoisotopic (exact) mass is 207 g/mol. The first-order valence-corrected chi connectivity index (χ1v) is 5.27. The van der Waals surface area contributed by atoms with Crippen LogP contribution in [0.4, 0.5) is 11.5 Å². The second-order valence-corrected chi connectivity index (χ2v) is 4.08. The number of nitrogen functional groups attached to an aromatic ring is 1. The molecule has 4 heteroatoms. The Bertz CT molecular complexity index is 332. The highest BCUT2D eigenvalue weighted by atomic mass is 16.5. The lowest BCUT2D eigenvalue weighted by Gasteiger charge is -2.36. The molecule has 1 fully saturated rings. The zero-order chi connectivity index (χ0) is 10.8. The van der Waals surface area contributed by atoms with E-state index in [0.29, 0.717) is 0 Å². The van der Waals surface area contributed by atoms with E-state index < -0.39 is 0 Å². The molecule has 1 aliphatic heterocycles. The maximum absolute atomic E-state index is 5.90. The zero-order valence-corrected chi connectivity index (χ0v) is 9.18. The molecular weight excluding hydrogens is 190 g/mol. The second-order valence-electron chi connectivity index (χ2n) is 4.08. The number of nitrogens with zero attached hydrogens (tertiary/aromatic N) is 2. The number of anilines is 2. The van der Waals surface area contributed by atoms with Gasteiger partial charge in [0.25, 0.3) is 0 Å². The molecule has 2 atom stereocenters. The summed E-state index contributed by atoms with van der Waals surface area (Å²) in [7, 11) is 0. The number of ether oxygens (including phenoxy) is 1. The number of rotatable bonds is 1. The molecule has 1 saturated heterocycles. The summed E-state index contributed by atoms with van der Waals surface area (Å²) in [6.45, 7) is 5.85. The molecule has 1 aromatic heterocycles. The fourth-order valence-corrected chi connectivity index (χ4v) is 2.02. The predicted molar refractivity (Wildman–Crippen MR) is 60.9 cm³/mol. The van der Waals surface area contributed by atoms with Gasteiger partial charge in [-0.25, -0.2) is 4.98 Å². The highest BCUT2D eigenvalue weighted by molar-refractivity contribution is 5.62. The first-order chi connectivity index (χ1) is 7.16. The molecule has 0 saturated carbocycles. The van der Waals surface area contributed by atoms with E-state index in [1.54, 1.807) is 6.20 Å². The summed E-state index contributed by atoms with van der Waals surface area (Å²) < 4.78 is 5.67. The Morgan fingerprint density at radius 1 is 1.40 bits per heavy atom. The molecule has 1 aliphatic rings. The second kappa shape index (κ2) is 4.06. The van der Waals surface area contributed by atoms with E-state index in [0.717, 1.165) is 24.6 Å². The number of nitrogens with two attached hydrogens (primary N) is 1. The van der Waals surface area contributed by atoms with Crippen molar-refractivity contribution in [3.8, 4) is 0 Å². The maximum atomic E-state index is 5.90. The normalized spacial score (nSPS) is 26.7. The first-order valence-electron chi connectivity index (χ1n) is 5.27. The quantitative estimate of drug-likeness (QED) is 0.753. The van der Waals surface area contributed by atoms with Gasteiger partial charge >= 0.3 is 0 Å². The highest BCUT2D eigenvalue weighted by Crippen LogP contribution is 2.23. The van der Waals surface area contributed by atoms with Crippen molar-refractivity contribution in [2.24, 2.45) is 0 Å². The Labute approximate surface area is 90.0 Å². The van der Waals surface area contributed by atoms with Crippen molar-refractivity contribution in [3.63, 3.8) is 0 Å². The van der Waals surface area contributed by atoms with Crippen molar-refractivity contribution in [3.05, 3.63) is 18.3 Å². The van der Waals surface area contributed by atoms with E-state index in [1.807, 2.05) is 12.1 Å². The number of morpholine rings is 1. The lowest BCUT2D eigenvalue weighted by molar-refractivity contribution is -0.00540. The standard InChI is InChI=1S/C11H17N3O/c1-8-6-14(7-9(2)15-8)11-10(12)4-3-5-13-11/h3-5,8-9H,6-7,12H2,1-2H3/t8-,9-/m1/s1. The molecule has 2 heterocycles. The van der Waals surface area contributed by atoms with Crippen molar-refractivity contribution in [2.45, 2.75) is 26.1 Å². The van der Waals surface area contributed by atoms with Gasteiger partial charge < -0.3 is 15.4 Å². The molecule has 0 bridgehead atoms. The minimum atomic E-state index is 0.232. The summed E-state index contributed by atoms with van der Waals surface area (Å²) >= 11 is 0. The molecule has 0 amide bonds.